The minimum absolute atomic E-state index is 0.168. The van der Waals surface area contributed by atoms with Gasteiger partial charge < -0.3 is 19.8 Å². The maximum Gasteiger partial charge on any atom is 0.319 e. The zero-order valence-corrected chi connectivity index (χ0v) is 14.2. The molecular weight excluding hydrogens is 320 g/mol. The number of anilines is 1. The van der Waals surface area contributed by atoms with Gasteiger partial charge in [-0.2, -0.15) is 4.98 Å². The third kappa shape index (κ3) is 3.88. The summed E-state index contributed by atoms with van der Waals surface area (Å²) >= 11 is 0. The van der Waals surface area contributed by atoms with Crippen molar-refractivity contribution >= 4 is 22.5 Å². The van der Waals surface area contributed by atoms with Crippen LogP contribution in [0, 0.1) is 0 Å². The van der Waals surface area contributed by atoms with Crippen LogP contribution in [0.3, 0.4) is 0 Å². The van der Waals surface area contributed by atoms with Gasteiger partial charge >= 0.3 is 6.01 Å². The first-order chi connectivity index (χ1) is 12.2. The Labute approximate surface area is 145 Å². The Morgan fingerprint density at radius 3 is 2.80 bits per heavy atom. The largest absolute Gasteiger partial charge is 0.476 e. The highest BCUT2D eigenvalue weighted by atomic mass is 16.5. The van der Waals surface area contributed by atoms with Gasteiger partial charge in [0, 0.05) is 17.1 Å². The van der Waals surface area contributed by atoms with E-state index in [1.807, 2.05) is 44.3 Å². The van der Waals surface area contributed by atoms with Crippen LogP contribution in [0.15, 0.2) is 36.7 Å². The second-order valence-electron chi connectivity index (χ2n) is 5.32. The van der Waals surface area contributed by atoms with E-state index in [9.17, 15) is 4.79 Å². The van der Waals surface area contributed by atoms with E-state index in [0.29, 0.717) is 24.8 Å². The Kier molecular flexibility index (Phi) is 5.13. The quantitative estimate of drug-likeness (QED) is 0.690. The lowest BCUT2D eigenvalue weighted by molar-refractivity contribution is -0.115. The van der Waals surface area contributed by atoms with E-state index in [2.05, 4.69) is 20.3 Å². The predicted octanol–water partition coefficient (Wildman–Crippen LogP) is 2.94. The van der Waals surface area contributed by atoms with E-state index in [1.165, 1.54) is 6.20 Å². The van der Waals surface area contributed by atoms with E-state index in [1.54, 1.807) is 0 Å². The molecule has 0 aliphatic rings. The SMILES string of the molecule is CCOc1ncc(NC(=O)Cc2c[nH]c3ccccc23)c(OCC)n1. The van der Waals surface area contributed by atoms with Crippen molar-refractivity contribution in [1.29, 1.82) is 0 Å². The molecule has 0 saturated heterocycles. The number of fused-ring (bicyclic) bond motifs is 1. The lowest BCUT2D eigenvalue weighted by atomic mass is 10.1. The first-order valence-electron chi connectivity index (χ1n) is 8.18. The molecule has 0 radical (unpaired) electrons. The molecular formula is C18H20N4O3. The van der Waals surface area contributed by atoms with Crippen molar-refractivity contribution in [1.82, 2.24) is 15.0 Å². The number of amides is 1. The molecule has 0 atom stereocenters. The number of H-pyrrole nitrogens is 1. The van der Waals surface area contributed by atoms with Crippen LogP contribution >= 0.6 is 0 Å². The Balaban J connectivity index is 1.76. The van der Waals surface area contributed by atoms with Crippen LogP contribution in [0.5, 0.6) is 11.9 Å². The predicted molar refractivity (Wildman–Crippen MR) is 95.0 cm³/mol. The lowest BCUT2D eigenvalue weighted by Crippen LogP contribution is -2.16. The van der Waals surface area contributed by atoms with Crippen LogP contribution in [0.1, 0.15) is 19.4 Å². The van der Waals surface area contributed by atoms with Gasteiger partial charge in [0.05, 0.1) is 25.8 Å². The van der Waals surface area contributed by atoms with Crippen molar-refractivity contribution in [3.8, 4) is 11.9 Å². The van der Waals surface area contributed by atoms with E-state index >= 15 is 0 Å². The smallest absolute Gasteiger partial charge is 0.319 e. The maximum absolute atomic E-state index is 12.4. The van der Waals surface area contributed by atoms with Crippen LogP contribution in [0.4, 0.5) is 5.69 Å². The molecule has 0 spiro atoms. The summed E-state index contributed by atoms with van der Waals surface area (Å²) in [6.07, 6.45) is 3.58. The Hall–Kier alpha value is -3.09. The topological polar surface area (TPSA) is 89.1 Å². The fourth-order valence-corrected chi connectivity index (χ4v) is 2.53. The molecule has 0 unspecified atom stereocenters. The number of hydrogen-bond donors (Lipinski definition) is 2. The summed E-state index contributed by atoms with van der Waals surface area (Å²) in [7, 11) is 0. The van der Waals surface area contributed by atoms with E-state index < -0.39 is 0 Å². The number of nitrogens with one attached hydrogen (secondary N) is 2. The summed E-state index contributed by atoms with van der Waals surface area (Å²) in [6.45, 7) is 4.58. The molecule has 25 heavy (non-hydrogen) atoms. The molecule has 0 saturated carbocycles. The second kappa shape index (κ2) is 7.65. The van der Waals surface area contributed by atoms with E-state index in [0.717, 1.165) is 16.5 Å². The van der Waals surface area contributed by atoms with Crippen molar-refractivity contribution in [2.75, 3.05) is 18.5 Å². The summed E-state index contributed by atoms with van der Waals surface area (Å²) in [4.78, 5) is 23.8. The number of rotatable bonds is 7. The molecule has 2 heterocycles. The van der Waals surface area contributed by atoms with E-state index in [4.69, 9.17) is 9.47 Å². The van der Waals surface area contributed by atoms with Crippen molar-refractivity contribution in [3.63, 3.8) is 0 Å². The Morgan fingerprint density at radius 1 is 1.20 bits per heavy atom. The van der Waals surface area contributed by atoms with Gasteiger partial charge in [-0.15, -0.1) is 0 Å². The van der Waals surface area contributed by atoms with Gasteiger partial charge in [0.1, 0.15) is 5.69 Å². The number of benzene rings is 1. The third-order valence-corrected chi connectivity index (χ3v) is 3.59. The molecule has 0 aliphatic carbocycles. The van der Waals surface area contributed by atoms with Gasteiger partial charge in [-0.05, 0) is 25.5 Å². The first-order valence-corrected chi connectivity index (χ1v) is 8.18. The number of hydrogen-bond acceptors (Lipinski definition) is 5. The first kappa shape index (κ1) is 16.8. The van der Waals surface area contributed by atoms with Crippen molar-refractivity contribution in [3.05, 3.63) is 42.2 Å². The standard InChI is InChI=1S/C18H20N4O3/c1-3-24-17-15(11-20-18(22-17)25-4-2)21-16(23)9-12-10-19-14-8-6-5-7-13(12)14/h5-8,10-11,19H,3-4,9H2,1-2H3,(H,21,23). The fourth-order valence-electron chi connectivity index (χ4n) is 2.53. The van der Waals surface area contributed by atoms with Gasteiger partial charge in [0.25, 0.3) is 0 Å². The molecule has 0 fully saturated rings. The summed E-state index contributed by atoms with van der Waals surface area (Å²) < 4.78 is 10.7. The molecule has 2 N–H and O–H groups in total. The average molecular weight is 340 g/mol. The lowest BCUT2D eigenvalue weighted by Gasteiger charge is -2.11. The normalized spacial score (nSPS) is 10.6. The average Bonchev–Trinajstić information content (AvgIpc) is 3.01. The van der Waals surface area contributed by atoms with Crippen LogP contribution < -0.4 is 14.8 Å². The molecule has 7 heteroatoms. The van der Waals surface area contributed by atoms with Gasteiger partial charge in [-0.25, -0.2) is 4.98 Å². The van der Waals surface area contributed by atoms with Crippen LogP contribution in [-0.2, 0) is 11.2 Å². The number of aromatic amines is 1. The Morgan fingerprint density at radius 2 is 2.00 bits per heavy atom. The molecule has 0 bridgehead atoms. The molecule has 3 rings (SSSR count). The number of nitrogens with zero attached hydrogens (tertiary/aromatic N) is 2. The fraction of sp³-hybridized carbons (Fsp3) is 0.278. The monoisotopic (exact) mass is 340 g/mol. The number of ether oxygens (including phenoxy) is 2. The molecule has 7 nitrogen and oxygen atoms in total. The minimum Gasteiger partial charge on any atom is -0.476 e. The molecule has 0 aliphatic heterocycles. The molecule has 3 aromatic rings. The molecule has 130 valence electrons. The number of aromatic nitrogens is 3. The van der Waals surface area contributed by atoms with E-state index in [-0.39, 0.29) is 18.3 Å². The van der Waals surface area contributed by atoms with Crippen molar-refractivity contribution in [2.24, 2.45) is 0 Å². The molecule has 1 aromatic carbocycles. The summed E-state index contributed by atoms with van der Waals surface area (Å²) in [6, 6.07) is 8.09. The molecule has 2 aromatic heterocycles. The van der Waals surface area contributed by atoms with Crippen LogP contribution in [0.2, 0.25) is 0 Å². The minimum atomic E-state index is -0.168. The zero-order chi connectivity index (χ0) is 17.6. The maximum atomic E-state index is 12.4. The highest BCUT2D eigenvalue weighted by Gasteiger charge is 2.14. The summed E-state index contributed by atoms with van der Waals surface area (Å²) in [5.41, 5.74) is 2.36. The number of para-hydroxylation sites is 1. The summed E-state index contributed by atoms with van der Waals surface area (Å²) in [5, 5.41) is 3.84. The third-order valence-electron chi connectivity index (χ3n) is 3.59. The molecule has 1 amide bonds. The highest BCUT2D eigenvalue weighted by molar-refractivity contribution is 5.96. The number of carbonyl (C=O) groups excluding carboxylic acids is 1. The van der Waals surface area contributed by atoms with Crippen LogP contribution in [-0.4, -0.2) is 34.1 Å². The Bertz CT molecular complexity index is 876. The van der Waals surface area contributed by atoms with Gasteiger partial charge in [0.15, 0.2) is 0 Å². The number of carbonyl (C=O) groups is 1. The summed E-state index contributed by atoms with van der Waals surface area (Å²) in [5.74, 6) is 0.131. The highest BCUT2D eigenvalue weighted by Crippen LogP contribution is 2.24. The second-order valence-corrected chi connectivity index (χ2v) is 5.32. The van der Waals surface area contributed by atoms with Gasteiger partial charge in [-0.1, -0.05) is 18.2 Å². The van der Waals surface area contributed by atoms with Crippen LogP contribution in [0.25, 0.3) is 10.9 Å². The van der Waals surface area contributed by atoms with Gasteiger partial charge in [-0.3, -0.25) is 4.79 Å². The van der Waals surface area contributed by atoms with Crippen molar-refractivity contribution < 1.29 is 14.3 Å². The van der Waals surface area contributed by atoms with Crippen molar-refractivity contribution in [2.45, 2.75) is 20.3 Å². The zero-order valence-electron chi connectivity index (χ0n) is 14.2. The van der Waals surface area contributed by atoms with Gasteiger partial charge in [0.2, 0.25) is 11.8 Å².